The number of thiazole rings is 1. The zero-order valence-corrected chi connectivity index (χ0v) is 22.4. The quantitative estimate of drug-likeness (QED) is 0.153. The average molecular weight is 541 g/mol. The van der Waals surface area contributed by atoms with Crippen LogP contribution in [0.4, 0.5) is 16.5 Å². The Morgan fingerprint density at radius 1 is 1.09 bits per heavy atom. The van der Waals surface area contributed by atoms with Crippen LogP contribution < -0.4 is 20.7 Å². The lowest BCUT2D eigenvalue weighted by Crippen LogP contribution is -2.24. The van der Waals surface area contributed by atoms with Gasteiger partial charge in [0.25, 0.3) is 0 Å². The lowest BCUT2D eigenvalue weighted by atomic mass is 10.3. The van der Waals surface area contributed by atoms with Gasteiger partial charge in [0.2, 0.25) is 5.91 Å². The number of thiocarbonyl (C=S) groups is 1. The van der Waals surface area contributed by atoms with Crippen molar-refractivity contribution in [3.8, 4) is 16.3 Å². The summed E-state index contributed by atoms with van der Waals surface area (Å²) in [5.74, 6) is 0.650. The molecule has 2 aromatic heterocycles. The monoisotopic (exact) mass is 540 g/mol. The van der Waals surface area contributed by atoms with Gasteiger partial charge in [-0.05, 0) is 60.4 Å². The van der Waals surface area contributed by atoms with E-state index in [1.807, 2.05) is 78.3 Å². The standard InChI is InChI=1S/C25H24N4O2S4/c1-3-21(23(30)29-25-28-19(15-34-25)22-12-7-13-33-22)35-17-9-6-8-16(14-17)26-24(32)27-18-10-4-5-11-20(18)31-2/h4-15,21H,3H2,1-2H3,(H2,26,27,32)(H,28,29,30). The summed E-state index contributed by atoms with van der Waals surface area (Å²) in [6.45, 7) is 2.00. The number of ether oxygens (including phenoxy) is 1. The maximum Gasteiger partial charge on any atom is 0.239 e. The van der Waals surface area contributed by atoms with E-state index in [-0.39, 0.29) is 11.2 Å². The Labute approximate surface area is 222 Å². The number of hydrogen-bond donors (Lipinski definition) is 3. The number of amides is 1. The summed E-state index contributed by atoms with van der Waals surface area (Å²) < 4.78 is 5.36. The Balaban J connectivity index is 1.36. The summed E-state index contributed by atoms with van der Waals surface area (Å²) in [6, 6.07) is 19.4. The number of benzene rings is 2. The van der Waals surface area contributed by atoms with Gasteiger partial charge in [0.05, 0.1) is 28.6 Å². The first-order valence-corrected chi connectivity index (χ1v) is 13.9. The molecule has 6 nitrogen and oxygen atoms in total. The van der Waals surface area contributed by atoms with Gasteiger partial charge in [-0.25, -0.2) is 4.98 Å². The maximum absolute atomic E-state index is 12.9. The minimum absolute atomic E-state index is 0.0590. The molecular weight excluding hydrogens is 517 g/mol. The van der Waals surface area contributed by atoms with Gasteiger partial charge >= 0.3 is 0 Å². The van der Waals surface area contributed by atoms with E-state index < -0.39 is 0 Å². The molecule has 0 bridgehead atoms. The van der Waals surface area contributed by atoms with Crippen LogP contribution in [-0.4, -0.2) is 28.4 Å². The molecule has 4 rings (SSSR count). The molecule has 0 aliphatic carbocycles. The number of aromatic nitrogens is 1. The largest absolute Gasteiger partial charge is 0.495 e. The number of carbonyl (C=O) groups excluding carboxylic acids is 1. The number of thiophene rings is 1. The van der Waals surface area contributed by atoms with Gasteiger partial charge in [-0.15, -0.1) is 34.4 Å². The summed E-state index contributed by atoms with van der Waals surface area (Å²) in [7, 11) is 1.62. The predicted octanol–water partition coefficient (Wildman–Crippen LogP) is 7.20. The van der Waals surface area contributed by atoms with Gasteiger partial charge in [0.1, 0.15) is 5.75 Å². The molecule has 0 aliphatic rings. The van der Waals surface area contributed by atoms with E-state index in [9.17, 15) is 4.79 Å². The van der Waals surface area contributed by atoms with E-state index >= 15 is 0 Å². The third kappa shape index (κ3) is 6.82. The summed E-state index contributed by atoms with van der Waals surface area (Å²) in [5, 5.41) is 14.1. The van der Waals surface area contributed by atoms with Crippen molar-refractivity contribution in [2.45, 2.75) is 23.5 Å². The van der Waals surface area contributed by atoms with Crippen molar-refractivity contribution < 1.29 is 9.53 Å². The van der Waals surface area contributed by atoms with Crippen molar-refractivity contribution in [3.63, 3.8) is 0 Å². The van der Waals surface area contributed by atoms with Crippen molar-refractivity contribution in [3.05, 3.63) is 71.4 Å². The molecule has 0 spiro atoms. The Morgan fingerprint density at radius 3 is 2.71 bits per heavy atom. The Bertz CT molecular complexity index is 1290. The second-order valence-electron chi connectivity index (χ2n) is 7.33. The zero-order valence-electron chi connectivity index (χ0n) is 19.1. The van der Waals surface area contributed by atoms with Crippen LogP contribution in [0, 0.1) is 0 Å². The molecule has 1 atom stereocenters. The zero-order chi connectivity index (χ0) is 24.6. The third-order valence-electron chi connectivity index (χ3n) is 4.90. The van der Waals surface area contributed by atoms with Crippen LogP contribution in [0.3, 0.4) is 0 Å². The minimum atomic E-state index is -0.252. The number of carbonyl (C=O) groups is 1. The lowest BCUT2D eigenvalue weighted by Gasteiger charge is -2.16. The van der Waals surface area contributed by atoms with Gasteiger partial charge in [0.15, 0.2) is 10.2 Å². The van der Waals surface area contributed by atoms with E-state index in [4.69, 9.17) is 17.0 Å². The Hall–Kier alpha value is -2.92. The molecule has 2 aromatic carbocycles. The number of rotatable bonds is 9. The second kappa shape index (κ2) is 12.2. The summed E-state index contributed by atoms with van der Waals surface area (Å²) in [6.07, 6.45) is 0.686. The normalized spacial score (nSPS) is 11.5. The molecular formula is C25H24N4O2S4. The lowest BCUT2D eigenvalue weighted by molar-refractivity contribution is -0.115. The number of thioether (sulfide) groups is 1. The van der Waals surface area contributed by atoms with Crippen molar-refractivity contribution >= 4 is 74.2 Å². The molecule has 0 saturated heterocycles. The number of nitrogens with zero attached hydrogens (tertiary/aromatic N) is 1. The van der Waals surface area contributed by atoms with Crippen LogP contribution >= 0.6 is 46.7 Å². The van der Waals surface area contributed by atoms with Crippen LogP contribution in [0.25, 0.3) is 10.6 Å². The molecule has 0 aliphatic heterocycles. The highest BCUT2D eigenvalue weighted by atomic mass is 32.2. The highest BCUT2D eigenvalue weighted by Crippen LogP contribution is 2.31. The molecule has 180 valence electrons. The van der Waals surface area contributed by atoms with Crippen LogP contribution in [0.2, 0.25) is 0 Å². The van der Waals surface area contributed by atoms with E-state index in [0.29, 0.717) is 22.4 Å². The van der Waals surface area contributed by atoms with E-state index in [2.05, 4.69) is 20.9 Å². The first kappa shape index (κ1) is 25.2. The fourth-order valence-corrected chi connectivity index (χ4v) is 5.94. The van der Waals surface area contributed by atoms with Crippen LogP contribution in [0.5, 0.6) is 5.75 Å². The molecule has 10 heteroatoms. The van der Waals surface area contributed by atoms with E-state index in [1.54, 1.807) is 18.4 Å². The SMILES string of the molecule is CCC(Sc1cccc(NC(=S)Nc2ccccc2OC)c1)C(=O)Nc1nc(-c2cccs2)cs1. The smallest absolute Gasteiger partial charge is 0.239 e. The van der Waals surface area contributed by atoms with Crippen LogP contribution in [-0.2, 0) is 4.79 Å². The summed E-state index contributed by atoms with van der Waals surface area (Å²) in [5.41, 5.74) is 2.50. The highest BCUT2D eigenvalue weighted by molar-refractivity contribution is 8.00. The topological polar surface area (TPSA) is 75.3 Å². The maximum atomic E-state index is 12.9. The van der Waals surface area contributed by atoms with Gasteiger partial charge in [-0.2, -0.15) is 0 Å². The molecule has 4 aromatic rings. The number of anilines is 3. The van der Waals surface area contributed by atoms with Gasteiger partial charge < -0.3 is 20.7 Å². The number of para-hydroxylation sites is 2. The third-order valence-corrected chi connectivity index (χ3v) is 8.11. The number of methoxy groups -OCH3 is 1. The molecule has 1 unspecified atom stereocenters. The molecule has 35 heavy (non-hydrogen) atoms. The number of nitrogens with one attached hydrogen (secondary N) is 3. The van der Waals surface area contributed by atoms with Crippen molar-refractivity contribution in [1.29, 1.82) is 0 Å². The minimum Gasteiger partial charge on any atom is -0.495 e. The van der Waals surface area contributed by atoms with Gasteiger partial charge in [-0.1, -0.05) is 31.2 Å². The number of hydrogen-bond acceptors (Lipinski definition) is 7. The van der Waals surface area contributed by atoms with E-state index in [0.717, 1.165) is 26.8 Å². The predicted molar refractivity (Wildman–Crippen MR) is 153 cm³/mol. The fraction of sp³-hybridized carbons (Fsp3) is 0.160. The Morgan fingerprint density at radius 2 is 1.94 bits per heavy atom. The van der Waals surface area contributed by atoms with E-state index in [1.165, 1.54) is 23.1 Å². The van der Waals surface area contributed by atoms with Crippen LogP contribution in [0.15, 0.2) is 76.3 Å². The first-order valence-electron chi connectivity index (χ1n) is 10.8. The first-order chi connectivity index (χ1) is 17.1. The van der Waals surface area contributed by atoms with Gasteiger partial charge in [0, 0.05) is 16.0 Å². The molecule has 2 heterocycles. The van der Waals surface area contributed by atoms with Gasteiger partial charge in [-0.3, -0.25) is 4.79 Å². The summed E-state index contributed by atoms with van der Waals surface area (Å²) in [4.78, 5) is 19.6. The highest BCUT2D eigenvalue weighted by Gasteiger charge is 2.20. The molecule has 0 saturated carbocycles. The molecule has 1 amide bonds. The Kier molecular flexibility index (Phi) is 8.75. The average Bonchev–Trinajstić information content (AvgIpc) is 3.55. The molecule has 3 N–H and O–H groups in total. The summed E-state index contributed by atoms with van der Waals surface area (Å²) >= 11 is 10.1. The van der Waals surface area contributed by atoms with Crippen molar-refractivity contribution in [2.24, 2.45) is 0 Å². The van der Waals surface area contributed by atoms with Crippen molar-refractivity contribution in [1.82, 2.24) is 4.98 Å². The fourth-order valence-electron chi connectivity index (χ4n) is 3.22. The molecule has 0 fully saturated rings. The van der Waals surface area contributed by atoms with Crippen molar-refractivity contribution in [2.75, 3.05) is 23.1 Å². The second-order valence-corrected chi connectivity index (χ2v) is 10.8. The van der Waals surface area contributed by atoms with Crippen LogP contribution in [0.1, 0.15) is 13.3 Å². The molecule has 0 radical (unpaired) electrons.